The number of nitrogens with one attached hydrogen (secondary N) is 1. The molecule has 34 heavy (non-hydrogen) atoms. The first kappa shape index (κ1) is 24.9. The van der Waals surface area contributed by atoms with Crippen molar-refractivity contribution in [1.82, 2.24) is 0 Å². The van der Waals surface area contributed by atoms with Gasteiger partial charge in [-0.2, -0.15) is 13.2 Å². The van der Waals surface area contributed by atoms with Crippen LogP contribution in [0.5, 0.6) is 0 Å². The number of anilines is 2. The molecule has 0 saturated carbocycles. The van der Waals surface area contributed by atoms with Crippen molar-refractivity contribution in [3.05, 3.63) is 58.1 Å². The van der Waals surface area contributed by atoms with E-state index in [1.165, 1.54) is 4.90 Å². The quantitative estimate of drug-likeness (QED) is 0.619. The molecule has 0 radical (unpaired) electrons. The van der Waals surface area contributed by atoms with Gasteiger partial charge in [-0.3, -0.25) is 9.79 Å². The van der Waals surface area contributed by atoms with E-state index < -0.39 is 33.7 Å². The van der Waals surface area contributed by atoms with Crippen LogP contribution in [0.15, 0.2) is 41.4 Å². The summed E-state index contributed by atoms with van der Waals surface area (Å²) in [7, 11) is -3.40. The number of amidine groups is 1. The number of alkyl halides is 3. The molecule has 1 N–H and O–H groups in total. The van der Waals surface area contributed by atoms with Gasteiger partial charge in [-0.05, 0) is 49.2 Å². The number of aliphatic imine (C=N–C) groups is 1. The number of fused-ring (bicyclic) bond motifs is 1. The maximum atomic E-state index is 13.4. The highest BCUT2D eigenvalue weighted by atomic mass is 35.5. The number of hydrogen-bond acceptors (Lipinski definition) is 6. The summed E-state index contributed by atoms with van der Waals surface area (Å²) in [5.74, 6) is -0.845. The molecule has 0 spiro atoms. The number of benzene rings is 2. The summed E-state index contributed by atoms with van der Waals surface area (Å²) >= 11 is 7.29. The fourth-order valence-electron chi connectivity index (χ4n) is 3.98. The molecule has 0 aliphatic carbocycles. The summed E-state index contributed by atoms with van der Waals surface area (Å²) in [5, 5.41) is 3.13. The van der Waals surface area contributed by atoms with Gasteiger partial charge in [-0.25, -0.2) is 8.42 Å². The van der Waals surface area contributed by atoms with E-state index in [2.05, 4.69) is 10.3 Å². The van der Waals surface area contributed by atoms with Gasteiger partial charge in [0.1, 0.15) is 0 Å². The lowest BCUT2D eigenvalue weighted by Crippen LogP contribution is -2.39. The lowest BCUT2D eigenvalue weighted by molar-refractivity contribution is -0.137. The normalized spacial score (nSPS) is 21.4. The molecule has 1 fully saturated rings. The van der Waals surface area contributed by atoms with Crippen molar-refractivity contribution in [3.8, 4) is 0 Å². The molecule has 2 heterocycles. The van der Waals surface area contributed by atoms with Crippen molar-refractivity contribution in [2.24, 2.45) is 4.99 Å². The van der Waals surface area contributed by atoms with E-state index in [0.29, 0.717) is 5.69 Å². The lowest BCUT2D eigenvalue weighted by atomic mass is 10.1. The Balaban J connectivity index is 1.60. The number of rotatable bonds is 4. The lowest BCUT2D eigenvalue weighted by Gasteiger charge is -2.28. The first-order valence-electron chi connectivity index (χ1n) is 10.3. The van der Waals surface area contributed by atoms with Crippen molar-refractivity contribution in [3.63, 3.8) is 0 Å². The van der Waals surface area contributed by atoms with E-state index in [9.17, 15) is 26.4 Å². The first-order chi connectivity index (χ1) is 15.8. The zero-order chi connectivity index (χ0) is 24.8. The average Bonchev–Trinajstić information content (AvgIpc) is 3.20. The van der Waals surface area contributed by atoms with Crippen LogP contribution in [0.1, 0.15) is 16.7 Å². The van der Waals surface area contributed by atoms with E-state index in [4.69, 9.17) is 11.6 Å². The third-order valence-electron chi connectivity index (χ3n) is 5.64. The molecular weight excluding hydrogens is 511 g/mol. The summed E-state index contributed by atoms with van der Waals surface area (Å²) in [6.07, 6.45) is -4.60. The highest BCUT2D eigenvalue weighted by Gasteiger charge is 2.48. The fraction of sp³-hybridized carbons (Fsp3) is 0.364. The van der Waals surface area contributed by atoms with Crippen molar-refractivity contribution in [1.29, 1.82) is 0 Å². The monoisotopic (exact) mass is 531 g/mol. The number of halogens is 4. The zero-order valence-corrected chi connectivity index (χ0v) is 20.6. The number of thioether (sulfide) groups is 1. The SMILES string of the molecule is Cc1ccc(C)c(NC(=O)CSC2=N[C@H]3CS(=O)(=O)C[C@H]3N2c2cc(C(F)(F)F)ccc2Cl)c1. The van der Waals surface area contributed by atoms with Crippen LogP contribution < -0.4 is 10.2 Å². The summed E-state index contributed by atoms with van der Waals surface area (Å²) in [5.41, 5.74) is 1.64. The predicted octanol–water partition coefficient (Wildman–Crippen LogP) is 4.69. The van der Waals surface area contributed by atoms with Gasteiger partial charge in [-0.15, -0.1) is 0 Å². The second kappa shape index (κ2) is 9.09. The van der Waals surface area contributed by atoms with Crippen molar-refractivity contribution >= 4 is 55.6 Å². The molecule has 12 heteroatoms. The number of hydrogen-bond donors (Lipinski definition) is 1. The van der Waals surface area contributed by atoms with Gasteiger partial charge in [0.05, 0.1) is 45.6 Å². The van der Waals surface area contributed by atoms with Gasteiger partial charge in [0.25, 0.3) is 0 Å². The van der Waals surface area contributed by atoms with Crippen molar-refractivity contribution < 1.29 is 26.4 Å². The van der Waals surface area contributed by atoms with Crippen LogP contribution in [0.3, 0.4) is 0 Å². The predicted molar refractivity (Wildman–Crippen MR) is 130 cm³/mol. The molecule has 6 nitrogen and oxygen atoms in total. The molecule has 182 valence electrons. The number of carbonyl (C=O) groups is 1. The second-order valence-corrected chi connectivity index (χ2v) is 11.8. The Morgan fingerprint density at radius 2 is 1.94 bits per heavy atom. The number of aryl methyl sites for hydroxylation is 2. The molecule has 2 aliphatic rings. The standard InChI is InChI=1S/C22H21ClF3N3O3S2/c1-12-3-4-13(2)16(7-12)27-20(30)9-33-21-28-17-10-34(31,32)11-19(17)29(21)18-8-14(22(24,25)26)5-6-15(18)23/h3-8,17,19H,9-11H2,1-2H3,(H,27,30)/t17-,19+/m0/s1. The molecule has 2 aliphatic heterocycles. The van der Waals surface area contributed by atoms with Gasteiger partial charge in [0.15, 0.2) is 15.0 Å². The van der Waals surface area contributed by atoms with Crippen LogP contribution >= 0.6 is 23.4 Å². The Hall–Kier alpha value is -2.24. The van der Waals surface area contributed by atoms with Crippen LogP contribution in [0.2, 0.25) is 5.02 Å². The smallest absolute Gasteiger partial charge is 0.325 e. The first-order valence-corrected chi connectivity index (χ1v) is 13.5. The molecule has 0 aromatic heterocycles. The summed E-state index contributed by atoms with van der Waals surface area (Å²) in [4.78, 5) is 18.5. The largest absolute Gasteiger partial charge is 0.416 e. The highest BCUT2D eigenvalue weighted by molar-refractivity contribution is 8.14. The molecule has 1 amide bonds. The van der Waals surface area contributed by atoms with E-state index in [-0.39, 0.29) is 39.0 Å². The van der Waals surface area contributed by atoms with Crippen molar-refractivity contribution in [2.45, 2.75) is 32.1 Å². The maximum absolute atomic E-state index is 13.4. The van der Waals surface area contributed by atoms with Gasteiger partial charge < -0.3 is 10.2 Å². The Labute approximate surface area is 204 Å². The van der Waals surface area contributed by atoms with Gasteiger partial charge >= 0.3 is 6.18 Å². The van der Waals surface area contributed by atoms with Gasteiger partial charge in [-0.1, -0.05) is 35.5 Å². The third-order valence-corrected chi connectivity index (χ3v) is 8.63. The molecule has 2 aromatic rings. The summed E-state index contributed by atoms with van der Waals surface area (Å²) in [6, 6.07) is 7.22. The molecule has 0 unspecified atom stereocenters. The van der Waals surface area contributed by atoms with Gasteiger partial charge in [0.2, 0.25) is 5.91 Å². The van der Waals surface area contributed by atoms with Crippen LogP contribution in [0, 0.1) is 13.8 Å². The topological polar surface area (TPSA) is 78.8 Å². The molecule has 0 bridgehead atoms. The van der Waals surface area contributed by atoms with Crippen LogP contribution in [-0.2, 0) is 20.8 Å². The molecular formula is C22H21ClF3N3O3S2. The molecule has 1 saturated heterocycles. The van der Waals surface area contributed by atoms with E-state index in [1.54, 1.807) is 0 Å². The van der Waals surface area contributed by atoms with E-state index in [0.717, 1.165) is 41.1 Å². The third kappa shape index (κ3) is 5.21. The van der Waals surface area contributed by atoms with Crippen molar-refractivity contribution in [2.75, 3.05) is 27.5 Å². The molecule has 2 atom stereocenters. The Morgan fingerprint density at radius 3 is 2.65 bits per heavy atom. The van der Waals surface area contributed by atoms with Crippen LogP contribution in [0.25, 0.3) is 0 Å². The summed E-state index contributed by atoms with van der Waals surface area (Å²) < 4.78 is 64.4. The number of amides is 1. The minimum atomic E-state index is -4.60. The zero-order valence-electron chi connectivity index (χ0n) is 18.2. The Kier molecular flexibility index (Phi) is 6.65. The maximum Gasteiger partial charge on any atom is 0.416 e. The highest BCUT2D eigenvalue weighted by Crippen LogP contribution is 2.41. The number of carbonyl (C=O) groups excluding carboxylic acids is 1. The van der Waals surface area contributed by atoms with E-state index in [1.807, 2.05) is 32.0 Å². The number of sulfone groups is 1. The van der Waals surface area contributed by atoms with E-state index >= 15 is 0 Å². The van der Waals surface area contributed by atoms with Crippen LogP contribution in [0.4, 0.5) is 24.5 Å². The minimum absolute atomic E-state index is 0.0160. The van der Waals surface area contributed by atoms with Crippen LogP contribution in [-0.4, -0.2) is 48.8 Å². The van der Waals surface area contributed by atoms with Gasteiger partial charge in [0, 0.05) is 5.69 Å². The number of nitrogens with zero attached hydrogens (tertiary/aromatic N) is 2. The molecule has 4 rings (SSSR count). The minimum Gasteiger partial charge on any atom is -0.325 e. The Bertz CT molecular complexity index is 1280. The summed E-state index contributed by atoms with van der Waals surface area (Å²) in [6.45, 7) is 3.77. The fourth-order valence-corrected chi connectivity index (χ4v) is 6.94. The average molecular weight is 532 g/mol. The molecule has 2 aromatic carbocycles. The second-order valence-electron chi connectivity index (χ2n) is 8.31. The Morgan fingerprint density at radius 1 is 1.21 bits per heavy atom.